The molecule has 0 saturated heterocycles. The van der Waals surface area contributed by atoms with Crippen molar-refractivity contribution in [3.63, 3.8) is 0 Å². The molecule has 0 aromatic carbocycles. The summed E-state index contributed by atoms with van der Waals surface area (Å²) in [5, 5.41) is 0. The minimum absolute atomic E-state index is 0.385. The normalized spacial score (nSPS) is 15.8. The number of hydrogen-bond acceptors (Lipinski definition) is 1. The Morgan fingerprint density at radius 1 is 1.31 bits per heavy atom. The van der Waals surface area contributed by atoms with Gasteiger partial charge in [0.05, 0.1) is 0 Å². The zero-order valence-electron chi connectivity index (χ0n) is 10.7. The Morgan fingerprint density at radius 2 is 2.00 bits per heavy atom. The highest BCUT2D eigenvalue weighted by molar-refractivity contribution is 9.09. The maximum atomic E-state index is 4.36. The molecule has 0 saturated carbocycles. The van der Waals surface area contributed by atoms with E-state index in [0.29, 0.717) is 16.2 Å². The summed E-state index contributed by atoms with van der Waals surface area (Å²) in [6.45, 7) is 9.24. The first-order chi connectivity index (χ1) is 7.39. The molecule has 1 aromatic rings. The molecule has 0 fully saturated rings. The Kier molecular flexibility index (Phi) is 4.97. The van der Waals surface area contributed by atoms with E-state index in [2.05, 4.69) is 60.7 Å². The van der Waals surface area contributed by atoms with Crippen molar-refractivity contribution in [1.82, 2.24) is 4.98 Å². The summed E-state index contributed by atoms with van der Waals surface area (Å²) in [5.74, 6) is 0.709. The van der Waals surface area contributed by atoms with Crippen LogP contribution in [0.25, 0.3) is 0 Å². The Bertz CT molecular complexity index is 302. The Morgan fingerprint density at radius 3 is 2.50 bits per heavy atom. The Hall–Kier alpha value is -0.370. The van der Waals surface area contributed by atoms with E-state index in [9.17, 15) is 0 Å². The molecule has 1 nitrogen and oxygen atoms in total. The predicted octanol–water partition coefficient (Wildman–Crippen LogP) is 4.46. The minimum atomic E-state index is 0.385. The SMILES string of the molecule is CC(CC(Br)Cc1ccccn1)C(C)(C)C. The van der Waals surface area contributed by atoms with Crippen LogP contribution in [0.15, 0.2) is 24.4 Å². The molecule has 0 aliphatic carbocycles. The van der Waals surface area contributed by atoms with Crippen molar-refractivity contribution in [1.29, 1.82) is 0 Å². The number of hydrogen-bond donors (Lipinski definition) is 0. The maximum absolute atomic E-state index is 4.36. The Balaban J connectivity index is 2.45. The molecular weight excluding hydrogens is 262 g/mol. The van der Waals surface area contributed by atoms with Crippen LogP contribution < -0.4 is 0 Å². The van der Waals surface area contributed by atoms with Crippen molar-refractivity contribution in [2.24, 2.45) is 11.3 Å². The van der Waals surface area contributed by atoms with Gasteiger partial charge < -0.3 is 0 Å². The van der Waals surface area contributed by atoms with Crippen LogP contribution in [0.5, 0.6) is 0 Å². The number of halogens is 1. The van der Waals surface area contributed by atoms with Gasteiger partial charge in [-0.3, -0.25) is 4.98 Å². The lowest BCUT2D eigenvalue weighted by Gasteiger charge is -2.29. The van der Waals surface area contributed by atoms with Gasteiger partial charge in [0.1, 0.15) is 0 Å². The van der Waals surface area contributed by atoms with E-state index >= 15 is 0 Å². The van der Waals surface area contributed by atoms with E-state index < -0.39 is 0 Å². The van der Waals surface area contributed by atoms with Crippen LogP contribution in [-0.2, 0) is 6.42 Å². The van der Waals surface area contributed by atoms with Crippen molar-refractivity contribution in [2.75, 3.05) is 0 Å². The van der Waals surface area contributed by atoms with E-state index in [-0.39, 0.29) is 0 Å². The molecule has 1 heterocycles. The van der Waals surface area contributed by atoms with Gasteiger partial charge in [-0.1, -0.05) is 49.7 Å². The molecule has 0 bridgehead atoms. The summed E-state index contributed by atoms with van der Waals surface area (Å²) < 4.78 is 0. The number of aromatic nitrogens is 1. The van der Waals surface area contributed by atoms with Gasteiger partial charge in [-0.25, -0.2) is 0 Å². The van der Waals surface area contributed by atoms with Crippen molar-refractivity contribution < 1.29 is 0 Å². The fourth-order valence-electron chi connectivity index (χ4n) is 1.57. The van der Waals surface area contributed by atoms with Crippen molar-refractivity contribution in [2.45, 2.75) is 45.4 Å². The van der Waals surface area contributed by atoms with Gasteiger partial charge in [-0.15, -0.1) is 0 Å². The van der Waals surface area contributed by atoms with E-state index in [1.54, 1.807) is 0 Å². The molecule has 2 atom stereocenters. The lowest BCUT2D eigenvalue weighted by atomic mass is 9.79. The molecule has 0 spiro atoms. The van der Waals surface area contributed by atoms with E-state index in [4.69, 9.17) is 0 Å². The van der Waals surface area contributed by atoms with Gasteiger partial charge in [0, 0.05) is 23.1 Å². The van der Waals surface area contributed by atoms with E-state index in [0.717, 1.165) is 6.42 Å². The summed E-state index contributed by atoms with van der Waals surface area (Å²) in [5.41, 5.74) is 1.56. The van der Waals surface area contributed by atoms with Crippen LogP contribution in [0.2, 0.25) is 0 Å². The third-order valence-corrected chi connectivity index (χ3v) is 3.94. The molecule has 0 N–H and O–H groups in total. The van der Waals surface area contributed by atoms with Crippen LogP contribution in [-0.4, -0.2) is 9.81 Å². The molecule has 2 heteroatoms. The molecule has 0 radical (unpaired) electrons. The first-order valence-electron chi connectivity index (χ1n) is 5.93. The highest BCUT2D eigenvalue weighted by Gasteiger charge is 2.22. The molecule has 1 rings (SSSR count). The summed E-state index contributed by atoms with van der Waals surface area (Å²) in [7, 11) is 0. The summed E-state index contributed by atoms with van der Waals surface area (Å²) in [6, 6.07) is 6.11. The van der Waals surface area contributed by atoms with Gasteiger partial charge in [0.15, 0.2) is 0 Å². The monoisotopic (exact) mass is 283 g/mol. The second-order valence-corrected chi connectivity index (χ2v) is 6.92. The van der Waals surface area contributed by atoms with E-state index in [1.165, 1.54) is 12.1 Å². The smallest absolute Gasteiger partial charge is 0.0414 e. The molecule has 90 valence electrons. The van der Waals surface area contributed by atoms with Gasteiger partial charge in [0.25, 0.3) is 0 Å². The van der Waals surface area contributed by atoms with Crippen LogP contribution in [0, 0.1) is 11.3 Å². The molecule has 1 aromatic heterocycles. The van der Waals surface area contributed by atoms with Gasteiger partial charge >= 0.3 is 0 Å². The lowest BCUT2D eigenvalue weighted by Crippen LogP contribution is -2.21. The average molecular weight is 284 g/mol. The zero-order chi connectivity index (χ0) is 12.2. The first-order valence-corrected chi connectivity index (χ1v) is 6.85. The van der Waals surface area contributed by atoms with Gasteiger partial charge in [-0.2, -0.15) is 0 Å². The number of nitrogens with zero attached hydrogens (tertiary/aromatic N) is 1. The van der Waals surface area contributed by atoms with E-state index in [1.807, 2.05) is 12.3 Å². The molecule has 2 unspecified atom stereocenters. The molecule has 0 aliphatic heterocycles. The van der Waals surface area contributed by atoms with Crippen LogP contribution in [0.1, 0.15) is 39.8 Å². The molecule has 0 aliphatic rings. The topological polar surface area (TPSA) is 12.9 Å². The summed E-state index contributed by atoms with van der Waals surface area (Å²) >= 11 is 3.77. The van der Waals surface area contributed by atoms with Gasteiger partial charge in [0.2, 0.25) is 0 Å². The number of pyridine rings is 1. The molecular formula is C14H22BrN. The highest BCUT2D eigenvalue weighted by atomic mass is 79.9. The average Bonchev–Trinajstić information content (AvgIpc) is 2.17. The third kappa shape index (κ3) is 4.65. The van der Waals surface area contributed by atoms with Crippen LogP contribution in [0.3, 0.4) is 0 Å². The summed E-state index contributed by atoms with van der Waals surface area (Å²) in [6.07, 6.45) is 4.07. The van der Waals surface area contributed by atoms with Crippen molar-refractivity contribution in [3.05, 3.63) is 30.1 Å². The molecule has 0 amide bonds. The standard InChI is InChI=1S/C14H22BrN/c1-11(14(2,3)4)9-12(15)10-13-7-5-6-8-16-13/h5-8,11-12H,9-10H2,1-4H3. The van der Waals surface area contributed by atoms with Crippen molar-refractivity contribution in [3.8, 4) is 0 Å². The number of alkyl halides is 1. The largest absolute Gasteiger partial charge is 0.261 e. The van der Waals surface area contributed by atoms with Crippen LogP contribution in [0.4, 0.5) is 0 Å². The first kappa shape index (κ1) is 13.7. The lowest BCUT2D eigenvalue weighted by molar-refractivity contribution is 0.246. The second-order valence-electron chi connectivity index (χ2n) is 5.63. The summed E-state index contributed by atoms with van der Waals surface area (Å²) in [4.78, 5) is 4.88. The quantitative estimate of drug-likeness (QED) is 0.744. The Labute approximate surface area is 108 Å². The predicted molar refractivity (Wildman–Crippen MR) is 73.9 cm³/mol. The number of rotatable bonds is 4. The minimum Gasteiger partial charge on any atom is -0.261 e. The zero-order valence-corrected chi connectivity index (χ0v) is 12.3. The second kappa shape index (κ2) is 5.81. The third-order valence-electron chi connectivity index (χ3n) is 3.24. The fourth-order valence-corrected chi connectivity index (χ4v) is 2.46. The highest BCUT2D eigenvalue weighted by Crippen LogP contribution is 2.31. The van der Waals surface area contributed by atoms with Gasteiger partial charge in [-0.05, 0) is 29.9 Å². The van der Waals surface area contributed by atoms with Crippen LogP contribution >= 0.6 is 15.9 Å². The maximum Gasteiger partial charge on any atom is 0.0414 e. The molecule has 16 heavy (non-hydrogen) atoms. The fraction of sp³-hybridized carbons (Fsp3) is 0.643. The van der Waals surface area contributed by atoms with Crippen molar-refractivity contribution >= 4 is 15.9 Å².